The number of urea groups is 1. The molecule has 5 nitrogen and oxygen atoms in total. The Morgan fingerprint density at radius 2 is 1.87 bits per heavy atom. The fraction of sp³-hybridized carbons (Fsp3) is 0.750. The van der Waals surface area contributed by atoms with E-state index in [1.165, 1.54) is 23.9 Å². The number of amides is 2. The summed E-state index contributed by atoms with van der Waals surface area (Å²) in [6.07, 6.45) is 0. The average molecular weight is 250 g/mol. The Hall–Kier alpha value is -0.560. The van der Waals surface area contributed by atoms with Crippen LogP contribution in [0.5, 0.6) is 0 Å². The highest BCUT2D eigenvalue weighted by molar-refractivity contribution is 7.99. The first-order chi connectivity index (χ1) is 6.84. The van der Waals surface area contributed by atoms with Gasteiger partial charge in [-0.05, 0) is 23.9 Å². The van der Waals surface area contributed by atoms with E-state index in [1.807, 2.05) is 27.7 Å². The van der Waals surface area contributed by atoms with Gasteiger partial charge < -0.3 is 5.73 Å². The Bertz CT molecular complexity index is 233. The SMILES string of the molecule is CC(C)SNC(=O)N(SC(C)C)C(=N)N. The molecular formula is C8H18N4OS2. The van der Waals surface area contributed by atoms with Crippen molar-refractivity contribution in [1.82, 2.24) is 9.03 Å². The predicted molar refractivity (Wildman–Crippen MR) is 67.7 cm³/mol. The maximum absolute atomic E-state index is 11.6. The summed E-state index contributed by atoms with van der Waals surface area (Å²) in [6, 6.07) is -0.361. The molecule has 0 heterocycles. The normalized spacial score (nSPS) is 10.5. The number of hydrogen-bond donors (Lipinski definition) is 3. The van der Waals surface area contributed by atoms with E-state index in [-0.39, 0.29) is 17.2 Å². The van der Waals surface area contributed by atoms with Crippen molar-refractivity contribution in [1.29, 1.82) is 5.41 Å². The zero-order valence-corrected chi connectivity index (χ0v) is 11.0. The number of hydrogen-bond acceptors (Lipinski definition) is 4. The molecule has 0 rings (SSSR count). The molecule has 0 aliphatic heterocycles. The number of nitrogens with zero attached hydrogens (tertiary/aromatic N) is 1. The van der Waals surface area contributed by atoms with Crippen LogP contribution in [0.25, 0.3) is 0 Å². The Morgan fingerprint density at radius 1 is 1.33 bits per heavy atom. The lowest BCUT2D eigenvalue weighted by Gasteiger charge is -2.21. The smallest absolute Gasteiger partial charge is 0.344 e. The van der Waals surface area contributed by atoms with E-state index in [2.05, 4.69) is 4.72 Å². The van der Waals surface area contributed by atoms with E-state index < -0.39 is 0 Å². The van der Waals surface area contributed by atoms with E-state index in [1.54, 1.807) is 0 Å². The van der Waals surface area contributed by atoms with Crippen molar-refractivity contribution in [2.45, 2.75) is 38.2 Å². The van der Waals surface area contributed by atoms with E-state index in [0.29, 0.717) is 5.25 Å². The summed E-state index contributed by atoms with van der Waals surface area (Å²) in [4.78, 5) is 11.6. The summed E-state index contributed by atoms with van der Waals surface area (Å²) in [5.74, 6) is -0.254. The monoisotopic (exact) mass is 250 g/mol. The van der Waals surface area contributed by atoms with Gasteiger partial charge in [-0.1, -0.05) is 27.7 Å². The zero-order chi connectivity index (χ0) is 12.0. The molecule has 0 atom stereocenters. The van der Waals surface area contributed by atoms with Gasteiger partial charge in [-0.15, -0.1) is 0 Å². The molecule has 88 valence electrons. The molecule has 0 unspecified atom stereocenters. The topological polar surface area (TPSA) is 82.2 Å². The van der Waals surface area contributed by atoms with Crippen LogP contribution < -0.4 is 10.5 Å². The van der Waals surface area contributed by atoms with Crippen molar-refractivity contribution in [2.24, 2.45) is 5.73 Å². The molecule has 15 heavy (non-hydrogen) atoms. The van der Waals surface area contributed by atoms with Crippen LogP contribution in [-0.2, 0) is 0 Å². The standard InChI is InChI=1S/C8H18N4OS2/c1-5(2)14-11-8(13)12(7(9)10)15-6(3)4/h5-6H,1-4H3,(H3,9,10)(H,11,13). The maximum atomic E-state index is 11.6. The molecule has 0 saturated heterocycles. The zero-order valence-electron chi connectivity index (χ0n) is 9.40. The molecule has 0 aromatic rings. The van der Waals surface area contributed by atoms with Crippen LogP contribution in [0.4, 0.5) is 4.79 Å². The number of guanidine groups is 1. The lowest BCUT2D eigenvalue weighted by Crippen LogP contribution is -2.41. The predicted octanol–water partition coefficient (Wildman–Crippen LogP) is 2.00. The van der Waals surface area contributed by atoms with Gasteiger partial charge in [-0.2, -0.15) is 0 Å². The summed E-state index contributed by atoms with van der Waals surface area (Å²) in [7, 11) is 0. The minimum atomic E-state index is -0.361. The number of carbonyl (C=O) groups excluding carboxylic acids is 1. The van der Waals surface area contributed by atoms with Gasteiger partial charge >= 0.3 is 6.03 Å². The van der Waals surface area contributed by atoms with Crippen molar-refractivity contribution >= 4 is 35.9 Å². The molecule has 0 radical (unpaired) electrons. The van der Waals surface area contributed by atoms with Crippen molar-refractivity contribution in [3.8, 4) is 0 Å². The third kappa shape index (κ3) is 6.51. The quantitative estimate of drug-likeness (QED) is 0.405. The van der Waals surface area contributed by atoms with Crippen LogP contribution in [0.3, 0.4) is 0 Å². The molecule has 0 aliphatic rings. The van der Waals surface area contributed by atoms with Crippen molar-refractivity contribution < 1.29 is 4.79 Å². The highest BCUT2D eigenvalue weighted by Gasteiger charge is 2.18. The molecule has 0 aromatic heterocycles. The number of nitrogens with one attached hydrogen (secondary N) is 2. The van der Waals surface area contributed by atoms with Crippen molar-refractivity contribution in [2.75, 3.05) is 0 Å². The molecule has 0 bridgehead atoms. The Kier molecular flexibility index (Phi) is 6.58. The molecule has 0 aliphatic carbocycles. The first-order valence-electron chi connectivity index (χ1n) is 4.61. The first-order valence-corrected chi connectivity index (χ1v) is 6.32. The molecule has 4 N–H and O–H groups in total. The van der Waals surface area contributed by atoms with Gasteiger partial charge in [0.15, 0.2) is 0 Å². The van der Waals surface area contributed by atoms with Crippen LogP contribution in [-0.4, -0.2) is 26.8 Å². The molecule has 2 amide bonds. The summed E-state index contributed by atoms with van der Waals surface area (Å²) >= 11 is 2.53. The summed E-state index contributed by atoms with van der Waals surface area (Å²) in [5, 5.41) is 7.77. The van der Waals surface area contributed by atoms with Crippen molar-refractivity contribution in [3.63, 3.8) is 0 Å². The summed E-state index contributed by atoms with van der Waals surface area (Å²) < 4.78 is 3.78. The molecule has 7 heteroatoms. The molecule has 0 saturated carbocycles. The average Bonchev–Trinajstić information content (AvgIpc) is 2.09. The lowest BCUT2D eigenvalue weighted by atomic mass is 10.6. The fourth-order valence-electron chi connectivity index (χ4n) is 0.635. The van der Waals surface area contributed by atoms with Gasteiger partial charge in [0.1, 0.15) is 0 Å². The highest BCUT2D eigenvalue weighted by atomic mass is 32.2. The third-order valence-corrected chi connectivity index (χ3v) is 2.86. The van der Waals surface area contributed by atoms with Crippen LogP contribution in [0.15, 0.2) is 0 Å². The van der Waals surface area contributed by atoms with Crippen LogP contribution in [0, 0.1) is 5.41 Å². The lowest BCUT2D eigenvalue weighted by molar-refractivity contribution is 0.241. The van der Waals surface area contributed by atoms with Gasteiger partial charge in [0, 0.05) is 10.5 Å². The fourth-order valence-corrected chi connectivity index (χ4v) is 1.80. The van der Waals surface area contributed by atoms with Crippen LogP contribution in [0.2, 0.25) is 0 Å². The van der Waals surface area contributed by atoms with Gasteiger partial charge in [0.2, 0.25) is 5.96 Å². The molecule has 0 fully saturated rings. The largest absolute Gasteiger partial charge is 0.369 e. The second kappa shape index (κ2) is 6.84. The van der Waals surface area contributed by atoms with Gasteiger partial charge in [-0.25, -0.2) is 9.10 Å². The number of carbonyl (C=O) groups is 1. The molecular weight excluding hydrogens is 232 g/mol. The molecule has 0 spiro atoms. The minimum Gasteiger partial charge on any atom is -0.369 e. The van der Waals surface area contributed by atoms with Crippen LogP contribution >= 0.6 is 23.9 Å². The van der Waals surface area contributed by atoms with E-state index in [9.17, 15) is 4.79 Å². The van der Waals surface area contributed by atoms with E-state index in [0.717, 1.165) is 4.31 Å². The Labute approximate surface area is 99.3 Å². The van der Waals surface area contributed by atoms with Crippen LogP contribution in [0.1, 0.15) is 27.7 Å². The molecule has 0 aromatic carbocycles. The van der Waals surface area contributed by atoms with E-state index in [4.69, 9.17) is 11.1 Å². The van der Waals surface area contributed by atoms with Gasteiger partial charge in [0.05, 0.1) is 0 Å². The summed E-state index contributed by atoms with van der Waals surface area (Å²) in [6.45, 7) is 7.81. The maximum Gasteiger partial charge on any atom is 0.344 e. The highest BCUT2D eigenvalue weighted by Crippen LogP contribution is 2.17. The second-order valence-corrected chi connectivity index (χ2v) is 6.31. The third-order valence-electron chi connectivity index (χ3n) is 1.10. The summed E-state index contributed by atoms with van der Waals surface area (Å²) in [5.41, 5.74) is 5.31. The minimum absolute atomic E-state index is 0.198. The van der Waals surface area contributed by atoms with Crippen molar-refractivity contribution in [3.05, 3.63) is 0 Å². The Balaban J connectivity index is 4.23. The number of nitrogens with two attached hydrogens (primary N) is 1. The number of rotatable bonds is 4. The Morgan fingerprint density at radius 3 is 2.20 bits per heavy atom. The van der Waals surface area contributed by atoms with E-state index >= 15 is 0 Å². The van der Waals surface area contributed by atoms with Gasteiger partial charge in [0.25, 0.3) is 0 Å². The first kappa shape index (κ1) is 14.4. The van der Waals surface area contributed by atoms with Gasteiger partial charge in [-0.3, -0.25) is 10.1 Å². The second-order valence-electron chi connectivity index (χ2n) is 3.41.